The van der Waals surface area contributed by atoms with E-state index in [0.717, 1.165) is 48.9 Å². The first-order valence-electron chi connectivity index (χ1n) is 8.83. The summed E-state index contributed by atoms with van der Waals surface area (Å²) in [6.45, 7) is 6.25. The zero-order chi connectivity index (χ0) is 18.0. The van der Waals surface area contributed by atoms with Crippen molar-refractivity contribution in [1.82, 2.24) is 10.2 Å². The van der Waals surface area contributed by atoms with Crippen LogP contribution in [0.2, 0.25) is 5.02 Å². The number of carbonyl (C=O) groups is 1. The molecule has 136 valence electrons. The number of hydrogen-bond donors (Lipinski definition) is 2. The Labute approximate surface area is 152 Å². The molecule has 1 aliphatic heterocycles. The van der Waals surface area contributed by atoms with Gasteiger partial charge in [-0.25, -0.2) is 0 Å². The Morgan fingerprint density at radius 1 is 1.40 bits per heavy atom. The molecule has 1 atom stereocenters. The molecule has 3 rings (SSSR count). The fourth-order valence-corrected chi connectivity index (χ4v) is 3.90. The number of amides is 1. The Kier molecular flexibility index (Phi) is 5.67. The van der Waals surface area contributed by atoms with Gasteiger partial charge in [0.05, 0.1) is 11.6 Å². The van der Waals surface area contributed by atoms with Gasteiger partial charge < -0.3 is 14.8 Å². The standard InChI is InChI=1S/C19H25ClN2O3/c1-12-9-15-13(2)17(25-18(15)16(20)10-12)19(24)21-6-8-22-7-4-3-5-14(22)11-23/h9-10,14,23H,3-8,11H2,1-2H3,(H,21,24)/t14-/m1/s1. The lowest BCUT2D eigenvalue weighted by atomic mass is 10.0. The lowest BCUT2D eigenvalue weighted by molar-refractivity contribution is 0.0836. The summed E-state index contributed by atoms with van der Waals surface area (Å²) in [5, 5.41) is 13.8. The number of benzene rings is 1. The molecule has 0 unspecified atom stereocenters. The Balaban J connectivity index is 1.66. The van der Waals surface area contributed by atoms with E-state index in [-0.39, 0.29) is 18.6 Å². The molecule has 1 saturated heterocycles. The van der Waals surface area contributed by atoms with E-state index >= 15 is 0 Å². The number of aliphatic hydroxyl groups is 1. The molecular formula is C19H25ClN2O3. The van der Waals surface area contributed by atoms with E-state index in [1.807, 2.05) is 26.0 Å². The zero-order valence-corrected chi connectivity index (χ0v) is 15.5. The highest BCUT2D eigenvalue weighted by Gasteiger charge is 2.22. The van der Waals surface area contributed by atoms with Crippen LogP contribution < -0.4 is 5.32 Å². The van der Waals surface area contributed by atoms with Crippen LogP contribution in [0.1, 0.15) is 40.9 Å². The monoisotopic (exact) mass is 364 g/mol. The second kappa shape index (κ2) is 7.77. The summed E-state index contributed by atoms with van der Waals surface area (Å²) in [5.74, 6) is 0.0971. The van der Waals surface area contributed by atoms with Crippen LogP contribution in [-0.2, 0) is 0 Å². The van der Waals surface area contributed by atoms with Crippen LogP contribution >= 0.6 is 11.6 Å². The zero-order valence-electron chi connectivity index (χ0n) is 14.8. The lowest BCUT2D eigenvalue weighted by Crippen LogP contribution is -2.45. The number of furan rings is 1. The van der Waals surface area contributed by atoms with Crippen molar-refractivity contribution >= 4 is 28.5 Å². The molecule has 2 N–H and O–H groups in total. The fourth-order valence-electron chi connectivity index (χ4n) is 3.58. The van der Waals surface area contributed by atoms with E-state index in [1.165, 1.54) is 0 Å². The number of rotatable bonds is 5. The predicted molar refractivity (Wildman–Crippen MR) is 99.3 cm³/mol. The number of halogens is 1. The van der Waals surface area contributed by atoms with Crippen molar-refractivity contribution in [3.05, 3.63) is 34.0 Å². The largest absolute Gasteiger partial charge is 0.449 e. The van der Waals surface area contributed by atoms with Gasteiger partial charge >= 0.3 is 0 Å². The van der Waals surface area contributed by atoms with Crippen LogP contribution in [0, 0.1) is 13.8 Å². The number of nitrogens with one attached hydrogen (secondary N) is 1. The van der Waals surface area contributed by atoms with Gasteiger partial charge in [0.15, 0.2) is 11.3 Å². The van der Waals surface area contributed by atoms with Gasteiger partial charge in [-0.05, 0) is 50.9 Å². The van der Waals surface area contributed by atoms with E-state index in [0.29, 0.717) is 22.9 Å². The van der Waals surface area contributed by atoms with Gasteiger partial charge in [-0.2, -0.15) is 0 Å². The summed E-state index contributed by atoms with van der Waals surface area (Å²) in [4.78, 5) is 14.8. The summed E-state index contributed by atoms with van der Waals surface area (Å²) in [7, 11) is 0. The summed E-state index contributed by atoms with van der Waals surface area (Å²) in [6, 6.07) is 4.02. The van der Waals surface area contributed by atoms with Gasteiger partial charge in [-0.3, -0.25) is 9.69 Å². The second-order valence-corrected chi connectivity index (χ2v) is 7.21. The molecule has 0 bridgehead atoms. The molecule has 6 heteroatoms. The molecule has 1 aliphatic rings. The van der Waals surface area contributed by atoms with Crippen molar-refractivity contribution in [1.29, 1.82) is 0 Å². The highest BCUT2D eigenvalue weighted by Crippen LogP contribution is 2.32. The third-order valence-electron chi connectivity index (χ3n) is 4.99. The molecule has 5 nitrogen and oxygen atoms in total. The maximum atomic E-state index is 12.5. The Hall–Kier alpha value is -1.56. The van der Waals surface area contributed by atoms with E-state index in [2.05, 4.69) is 10.2 Å². The van der Waals surface area contributed by atoms with E-state index in [1.54, 1.807) is 0 Å². The maximum Gasteiger partial charge on any atom is 0.287 e. The summed E-state index contributed by atoms with van der Waals surface area (Å²) in [5.41, 5.74) is 2.41. The summed E-state index contributed by atoms with van der Waals surface area (Å²) in [6.07, 6.45) is 3.32. The van der Waals surface area contributed by atoms with Crippen LogP contribution in [0.4, 0.5) is 0 Å². The minimum atomic E-state index is -0.222. The number of piperidine rings is 1. The van der Waals surface area contributed by atoms with Gasteiger partial charge in [0, 0.05) is 30.1 Å². The predicted octanol–water partition coefficient (Wildman–Crippen LogP) is 3.28. The number of hydrogen-bond acceptors (Lipinski definition) is 4. The van der Waals surface area contributed by atoms with Crippen molar-refractivity contribution in [3.8, 4) is 0 Å². The fraction of sp³-hybridized carbons (Fsp3) is 0.526. The highest BCUT2D eigenvalue weighted by molar-refractivity contribution is 6.35. The number of aryl methyl sites for hydroxylation is 2. The molecule has 0 aliphatic carbocycles. The Morgan fingerprint density at radius 3 is 2.96 bits per heavy atom. The third-order valence-corrected chi connectivity index (χ3v) is 5.27. The van der Waals surface area contributed by atoms with Gasteiger partial charge in [0.2, 0.25) is 0 Å². The lowest BCUT2D eigenvalue weighted by Gasteiger charge is -2.34. The van der Waals surface area contributed by atoms with Crippen molar-refractivity contribution in [2.45, 2.75) is 39.2 Å². The molecule has 0 spiro atoms. The average molecular weight is 365 g/mol. The Bertz CT molecular complexity index is 772. The molecule has 2 heterocycles. The van der Waals surface area contributed by atoms with Crippen molar-refractivity contribution in [3.63, 3.8) is 0 Å². The molecule has 1 aromatic heterocycles. The molecule has 2 aromatic rings. The van der Waals surface area contributed by atoms with Gasteiger partial charge in [-0.15, -0.1) is 0 Å². The normalized spacial score (nSPS) is 18.6. The molecule has 0 saturated carbocycles. The van der Waals surface area contributed by atoms with Gasteiger partial charge in [0.25, 0.3) is 5.91 Å². The topological polar surface area (TPSA) is 65.7 Å². The van der Waals surface area contributed by atoms with Gasteiger partial charge in [0.1, 0.15) is 0 Å². The van der Waals surface area contributed by atoms with E-state index in [9.17, 15) is 9.90 Å². The molecule has 1 fully saturated rings. The quantitative estimate of drug-likeness (QED) is 0.854. The minimum Gasteiger partial charge on any atom is -0.449 e. The summed E-state index contributed by atoms with van der Waals surface area (Å²) >= 11 is 6.23. The average Bonchev–Trinajstić information content (AvgIpc) is 2.92. The Morgan fingerprint density at radius 2 is 2.20 bits per heavy atom. The molecular weight excluding hydrogens is 340 g/mol. The van der Waals surface area contributed by atoms with Crippen molar-refractivity contribution in [2.75, 3.05) is 26.2 Å². The van der Waals surface area contributed by atoms with Gasteiger partial charge in [-0.1, -0.05) is 18.0 Å². The van der Waals surface area contributed by atoms with E-state index in [4.69, 9.17) is 16.0 Å². The number of carbonyl (C=O) groups excluding carboxylic acids is 1. The van der Waals surface area contributed by atoms with Crippen LogP contribution in [0.5, 0.6) is 0 Å². The van der Waals surface area contributed by atoms with Crippen LogP contribution in [0.3, 0.4) is 0 Å². The van der Waals surface area contributed by atoms with Crippen LogP contribution in [-0.4, -0.2) is 48.2 Å². The smallest absolute Gasteiger partial charge is 0.287 e. The summed E-state index contributed by atoms with van der Waals surface area (Å²) < 4.78 is 5.73. The minimum absolute atomic E-state index is 0.175. The molecule has 1 aromatic carbocycles. The molecule has 25 heavy (non-hydrogen) atoms. The highest BCUT2D eigenvalue weighted by atomic mass is 35.5. The first-order valence-corrected chi connectivity index (χ1v) is 9.21. The first-order chi connectivity index (χ1) is 12.0. The maximum absolute atomic E-state index is 12.5. The number of nitrogens with zero attached hydrogens (tertiary/aromatic N) is 1. The van der Waals surface area contributed by atoms with Crippen molar-refractivity contribution < 1.29 is 14.3 Å². The number of fused-ring (bicyclic) bond motifs is 1. The first kappa shape index (κ1) is 18.2. The van der Waals surface area contributed by atoms with Crippen LogP contribution in [0.25, 0.3) is 11.0 Å². The molecule has 0 radical (unpaired) electrons. The third kappa shape index (κ3) is 3.84. The molecule has 1 amide bonds. The number of aliphatic hydroxyl groups excluding tert-OH is 1. The van der Waals surface area contributed by atoms with Crippen LogP contribution in [0.15, 0.2) is 16.5 Å². The second-order valence-electron chi connectivity index (χ2n) is 6.80. The SMILES string of the molecule is Cc1cc(Cl)c2oc(C(=O)NCCN3CCCC[C@@H]3CO)c(C)c2c1. The van der Waals surface area contributed by atoms with Crippen molar-refractivity contribution in [2.24, 2.45) is 0 Å². The number of likely N-dealkylation sites (tertiary alicyclic amines) is 1. The van der Waals surface area contributed by atoms with E-state index < -0.39 is 0 Å².